The van der Waals surface area contributed by atoms with E-state index in [4.69, 9.17) is 0 Å². The van der Waals surface area contributed by atoms with E-state index in [-0.39, 0.29) is 17.0 Å². The number of rotatable bonds is 3. The minimum absolute atomic E-state index is 0.0822. The zero-order valence-corrected chi connectivity index (χ0v) is 18.2. The molecule has 0 aliphatic carbocycles. The zero-order chi connectivity index (χ0) is 23.2. The molecule has 8 heteroatoms. The summed E-state index contributed by atoms with van der Waals surface area (Å²) in [5.41, 5.74) is 1.98. The van der Waals surface area contributed by atoms with Crippen molar-refractivity contribution in [3.63, 3.8) is 0 Å². The predicted octanol–water partition coefficient (Wildman–Crippen LogP) is 3.85. The Bertz CT molecular complexity index is 1120. The van der Waals surface area contributed by atoms with Gasteiger partial charge in [0.05, 0.1) is 16.8 Å². The first-order valence-electron chi connectivity index (χ1n) is 10.4. The van der Waals surface area contributed by atoms with E-state index in [1.807, 2.05) is 37.9 Å². The summed E-state index contributed by atoms with van der Waals surface area (Å²) in [4.78, 5) is 32.0. The van der Waals surface area contributed by atoms with E-state index in [1.165, 1.54) is 12.1 Å². The van der Waals surface area contributed by atoms with Crippen molar-refractivity contribution < 1.29 is 22.8 Å². The standard InChI is InChI=1S/C24H24F3N3O2/c1-15-7-8-19(16(2)13-15)20-21(29-11-9-28(3)10-12-29)23(32)30(22(20)31)18-6-4-5-17(14-18)24(25,26)27/h4-8,13-14H,9-12H2,1-3H3. The lowest BCUT2D eigenvalue weighted by atomic mass is 9.97. The Morgan fingerprint density at radius 2 is 1.56 bits per heavy atom. The van der Waals surface area contributed by atoms with Crippen molar-refractivity contribution in [2.75, 3.05) is 38.1 Å². The first-order valence-corrected chi connectivity index (χ1v) is 10.4. The van der Waals surface area contributed by atoms with E-state index in [1.54, 1.807) is 6.07 Å². The monoisotopic (exact) mass is 443 g/mol. The van der Waals surface area contributed by atoms with Gasteiger partial charge in [-0.1, -0.05) is 29.8 Å². The molecule has 0 atom stereocenters. The van der Waals surface area contributed by atoms with Crippen LogP contribution in [-0.4, -0.2) is 54.8 Å². The van der Waals surface area contributed by atoms with E-state index in [2.05, 4.69) is 4.90 Å². The molecule has 0 unspecified atom stereocenters. The smallest absolute Gasteiger partial charge is 0.364 e. The van der Waals surface area contributed by atoms with Crippen LogP contribution in [-0.2, 0) is 15.8 Å². The third-order valence-electron chi connectivity index (χ3n) is 5.96. The number of amides is 2. The first kappa shape index (κ1) is 22.1. The normalized spacial score (nSPS) is 18.2. The Morgan fingerprint density at radius 3 is 2.19 bits per heavy atom. The molecule has 5 nitrogen and oxygen atoms in total. The van der Waals surface area contributed by atoms with Crippen molar-refractivity contribution in [3.8, 4) is 0 Å². The highest BCUT2D eigenvalue weighted by atomic mass is 19.4. The third-order valence-corrected chi connectivity index (χ3v) is 5.96. The van der Waals surface area contributed by atoms with Crippen LogP contribution in [0.3, 0.4) is 0 Å². The summed E-state index contributed by atoms with van der Waals surface area (Å²) in [5, 5.41) is 0. The molecule has 0 aromatic heterocycles. The number of aryl methyl sites for hydroxylation is 2. The van der Waals surface area contributed by atoms with Crippen molar-refractivity contribution in [1.82, 2.24) is 9.80 Å². The fraction of sp³-hybridized carbons (Fsp3) is 0.333. The van der Waals surface area contributed by atoms with Gasteiger partial charge in [-0.15, -0.1) is 0 Å². The molecule has 2 aliphatic rings. The maximum atomic E-state index is 13.6. The van der Waals surface area contributed by atoms with Gasteiger partial charge in [0.1, 0.15) is 5.70 Å². The molecule has 0 radical (unpaired) electrons. The number of carbonyl (C=O) groups is 2. The molecule has 2 aliphatic heterocycles. The molecule has 2 amide bonds. The molecule has 32 heavy (non-hydrogen) atoms. The molecular weight excluding hydrogens is 419 g/mol. The molecule has 168 valence electrons. The van der Waals surface area contributed by atoms with Crippen LogP contribution in [0.15, 0.2) is 48.2 Å². The van der Waals surface area contributed by atoms with Gasteiger partial charge in [-0.2, -0.15) is 13.2 Å². The Labute approximate surface area is 184 Å². The molecule has 2 aromatic rings. The number of halogens is 3. The summed E-state index contributed by atoms with van der Waals surface area (Å²) in [6, 6.07) is 9.94. The molecule has 0 bridgehead atoms. The van der Waals surface area contributed by atoms with E-state index in [9.17, 15) is 22.8 Å². The van der Waals surface area contributed by atoms with E-state index in [0.717, 1.165) is 28.2 Å². The Morgan fingerprint density at radius 1 is 0.875 bits per heavy atom. The number of likely N-dealkylation sites (N-methyl/N-ethyl adjacent to an activating group) is 1. The maximum absolute atomic E-state index is 13.6. The molecule has 0 saturated carbocycles. The van der Waals surface area contributed by atoms with Crippen LogP contribution in [0.5, 0.6) is 0 Å². The minimum atomic E-state index is -4.58. The highest BCUT2D eigenvalue weighted by molar-refractivity contribution is 6.45. The summed E-state index contributed by atoms with van der Waals surface area (Å²) in [7, 11) is 1.98. The number of piperazine rings is 1. The van der Waals surface area contributed by atoms with Crippen molar-refractivity contribution in [1.29, 1.82) is 0 Å². The van der Waals surface area contributed by atoms with Gasteiger partial charge in [0.25, 0.3) is 11.8 Å². The van der Waals surface area contributed by atoms with E-state index >= 15 is 0 Å². The Kier molecular flexibility index (Phi) is 5.58. The van der Waals surface area contributed by atoms with Crippen LogP contribution in [0.4, 0.5) is 18.9 Å². The molecule has 4 rings (SSSR count). The van der Waals surface area contributed by atoms with Crippen LogP contribution < -0.4 is 4.90 Å². The van der Waals surface area contributed by atoms with Crippen molar-refractivity contribution >= 4 is 23.1 Å². The fourth-order valence-corrected chi connectivity index (χ4v) is 4.23. The van der Waals surface area contributed by atoms with Crippen LogP contribution in [0.25, 0.3) is 5.57 Å². The number of anilines is 1. The quantitative estimate of drug-likeness (QED) is 0.676. The number of carbonyl (C=O) groups excluding carboxylic acids is 2. The maximum Gasteiger partial charge on any atom is 0.416 e. The SMILES string of the molecule is Cc1ccc(C2=C(N3CCN(C)CC3)C(=O)N(c3cccc(C(F)(F)F)c3)C2=O)c(C)c1. The molecule has 2 heterocycles. The minimum Gasteiger partial charge on any atom is -0.364 e. The molecule has 1 fully saturated rings. The third kappa shape index (κ3) is 3.90. The number of alkyl halides is 3. The van der Waals surface area contributed by atoms with Crippen LogP contribution in [0.2, 0.25) is 0 Å². The average molecular weight is 443 g/mol. The first-order chi connectivity index (χ1) is 15.1. The number of benzene rings is 2. The van der Waals surface area contributed by atoms with E-state index in [0.29, 0.717) is 31.7 Å². The van der Waals surface area contributed by atoms with Gasteiger partial charge in [-0.3, -0.25) is 9.59 Å². The Balaban J connectivity index is 1.84. The van der Waals surface area contributed by atoms with Gasteiger partial charge < -0.3 is 9.80 Å². The van der Waals surface area contributed by atoms with Gasteiger partial charge >= 0.3 is 6.18 Å². The second kappa shape index (κ2) is 8.09. The number of imide groups is 1. The molecule has 1 saturated heterocycles. The summed E-state index contributed by atoms with van der Waals surface area (Å²) in [6.07, 6.45) is -4.58. The van der Waals surface area contributed by atoms with Crippen LogP contribution in [0, 0.1) is 13.8 Å². The number of hydrogen-bond donors (Lipinski definition) is 0. The molecular formula is C24H24F3N3O2. The van der Waals surface area contributed by atoms with Gasteiger partial charge in [-0.05, 0) is 50.2 Å². The lowest BCUT2D eigenvalue weighted by Crippen LogP contribution is -2.46. The van der Waals surface area contributed by atoms with Crippen molar-refractivity contribution in [3.05, 3.63) is 70.4 Å². The van der Waals surface area contributed by atoms with E-state index < -0.39 is 23.6 Å². The van der Waals surface area contributed by atoms with Gasteiger partial charge in [0.15, 0.2) is 0 Å². The average Bonchev–Trinajstić information content (AvgIpc) is 2.98. The highest BCUT2D eigenvalue weighted by Crippen LogP contribution is 2.38. The van der Waals surface area contributed by atoms with Crippen LogP contribution >= 0.6 is 0 Å². The van der Waals surface area contributed by atoms with Crippen LogP contribution in [0.1, 0.15) is 22.3 Å². The topological polar surface area (TPSA) is 43.9 Å². The molecule has 2 aromatic carbocycles. The summed E-state index contributed by atoms with van der Waals surface area (Å²) < 4.78 is 39.8. The predicted molar refractivity (Wildman–Crippen MR) is 116 cm³/mol. The van der Waals surface area contributed by atoms with Gasteiger partial charge in [-0.25, -0.2) is 4.90 Å². The molecule has 0 N–H and O–H groups in total. The zero-order valence-electron chi connectivity index (χ0n) is 18.2. The number of hydrogen-bond acceptors (Lipinski definition) is 4. The second-order valence-corrected chi connectivity index (χ2v) is 8.33. The Hall–Kier alpha value is -3.13. The lowest BCUT2D eigenvalue weighted by molar-refractivity contribution is -0.137. The molecule has 0 spiro atoms. The number of nitrogens with zero attached hydrogens (tertiary/aromatic N) is 3. The fourth-order valence-electron chi connectivity index (χ4n) is 4.23. The van der Waals surface area contributed by atoms with Crippen molar-refractivity contribution in [2.24, 2.45) is 0 Å². The van der Waals surface area contributed by atoms with Gasteiger partial charge in [0, 0.05) is 26.2 Å². The summed E-state index contributed by atoms with van der Waals surface area (Å²) in [6.45, 7) is 6.33. The summed E-state index contributed by atoms with van der Waals surface area (Å²) >= 11 is 0. The highest BCUT2D eigenvalue weighted by Gasteiger charge is 2.44. The van der Waals surface area contributed by atoms with Crippen molar-refractivity contribution in [2.45, 2.75) is 20.0 Å². The largest absolute Gasteiger partial charge is 0.416 e. The lowest BCUT2D eigenvalue weighted by Gasteiger charge is -2.34. The second-order valence-electron chi connectivity index (χ2n) is 8.33. The summed E-state index contributed by atoms with van der Waals surface area (Å²) in [5.74, 6) is -1.19. The van der Waals surface area contributed by atoms with Gasteiger partial charge in [0.2, 0.25) is 0 Å².